The molecule has 0 aliphatic heterocycles. The highest BCUT2D eigenvalue weighted by Gasteiger charge is 2.33. The predicted octanol–water partition coefficient (Wildman–Crippen LogP) is 2.91. The topological polar surface area (TPSA) is 30.0 Å². The third kappa shape index (κ3) is 2.66. The second-order valence-electron chi connectivity index (χ2n) is 2.62. The number of carbonyl (C=O) groups is 1. The SMILES string of the molecule is CC(=O)c1cc(I)nc(C(F)(F)F)c1. The van der Waals surface area contributed by atoms with Crippen LogP contribution in [0.15, 0.2) is 12.1 Å². The summed E-state index contributed by atoms with van der Waals surface area (Å²) in [7, 11) is 0. The molecule has 0 unspecified atom stereocenters. The van der Waals surface area contributed by atoms with Crippen molar-refractivity contribution >= 4 is 28.4 Å². The molecule has 1 rings (SSSR count). The normalized spacial score (nSPS) is 11.5. The molecule has 0 N–H and O–H groups in total. The van der Waals surface area contributed by atoms with E-state index >= 15 is 0 Å². The highest BCUT2D eigenvalue weighted by molar-refractivity contribution is 14.1. The molecule has 0 fully saturated rings. The van der Waals surface area contributed by atoms with E-state index in [1.54, 1.807) is 22.6 Å². The third-order valence-electron chi connectivity index (χ3n) is 1.49. The number of nitrogens with zero attached hydrogens (tertiary/aromatic N) is 1. The maximum atomic E-state index is 12.2. The molecule has 2 nitrogen and oxygen atoms in total. The molecule has 6 heteroatoms. The van der Waals surface area contributed by atoms with E-state index in [-0.39, 0.29) is 9.26 Å². The molecule has 0 spiro atoms. The van der Waals surface area contributed by atoms with Gasteiger partial charge in [0.2, 0.25) is 0 Å². The lowest BCUT2D eigenvalue weighted by Crippen LogP contribution is -2.10. The second kappa shape index (κ2) is 3.84. The highest BCUT2D eigenvalue weighted by atomic mass is 127. The zero-order valence-corrected chi connectivity index (χ0v) is 9.18. The Labute approximate surface area is 91.7 Å². The second-order valence-corrected chi connectivity index (χ2v) is 3.72. The summed E-state index contributed by atoms with van der Waals surface area (Å²) in [5, 5.41) is 0. The van der Waals surface area contributed by atoms with Gasteiger partial charge < -0.3 is 0 Å². The van der Waals surface area contributed by atoms with Gasteiger partial charge in [0.15, 0.2) is 5.78 Å². The Bertz CT molecular complexity index is 375. The van der Waals surface area contributed by atoms with Crippen molar-refractivity contribution in [3.05, 3.63) is 27.1 Å². The van der Waals surface area contributed by atoms with Crippen LogP contribution in [0.5, 0.6) is 0 Å². The van der Waals surface area contributed by atoms with Crippen molar-refractivity contribution in [1.29, 1.82) is 0 Å². The summed E-state index contributed by atoms with van der Waals surface area (Å²) in [6.45, 7) is 1.21. The lowest BCUT2D eigenvalue weighted by molar-refractivity contribution is -0.141. The molecule has 0 amide bonds. The van der Waals surface area contributed by atoms with E-state index < -0.39 is 17.7 Å². The molecule has 0 saturated carbocycles. The molecule has 0 saturated heterocycles. The van der Waals surface area contributed by atoms with Crippen molar-refractivity contribution in [2.45, 2.75) is 13.1 Å². The molecule has 0 aromatic carbocycles. The van der Waals surface area contributed by atoms with Gasteiger partial charge in [0.1, 0.15) is 9.39 Å². The molecule has 1 heterocycles. The first-order chi connectivity index (χ1) is 6.30. The molecule has 1 aromatic heterocycles. The van der Waals surface area contributed by atoms with Crippen molar-refractivity contribution in [2.24, 2.45) is 0 Å². The first-order valence-electron chi connectivity index (χ1n) is 3.56. The van der Waals surface area contributed by atoms with Crippen LogP contribution in [0.1, 0.15) is 23.0 Å². The Morgan fingerprint density at radius 3 is 2.43 bits per heavy atom. The number of hydrogen-bond acceptors (Lipinski definition) is 2. The molecular weight excluding hydrogens is 310 g/mol. The molecule has 0 aliphatic rings. The lowest BCUT2D eigenvalue weighted by Gasteiger charge is -2.07. The van der Waals surface area contributed by atoms with Crippen LogP contribution >= 0.6 is 22.6 Å². The summed E-state index contributed by atoms with van der Waals surface area (Å²) in [4.78, 5) is 14.2. The monoisotopic (exact) mass is 315 g/mol. The summed E-state index contributed by atoms with van der Waals surface area (Å²) < 4.78 is 36.9. The van der Waals surface area contributed by atoms with E-state index in [0.29, 0.717) is 0 Å². The van der Waals surface area contributed by atoms with Crippen LogP contribution in [0.4, 0.5) is 13.2 Å². The van der Waals surface area contributed by atoms with Crippen molar-refractivity contribution in [2.75, 3.05) is 0 Å². The number of Topliss-reactive ketones (excluding diaryl/α,β-unsaturated/α-hetero) is 1. The van der Waals surface area contributed by atoms with Gasteiger partial charge in [-0.3, -0.25) is 4.79 Å². The van der Waals surface area contributed by atoms with E-state index in [2.05, 4.69) is 4.98 Å². The van der Waals surface area contributed by atoms with Gasteiger partial charge in [-0.1, -0.05) is 0 Å². The van der Waals surface area contributed by atoms with Crippen LogP contribution in [0.25, 0.3) is 0 Å². The van der Waals surface area contributed by atoms with Crippen LogP contribution < -0.4 is 0 Å². The fraction of sp³-hybridized carbons (Fsp3) is 0.250. The Morgan fingerprint density at radius 1 is 1.43 bits per heavy atom. The average molecular weight is 315 g/mol. The maximum Gasteiger partial charge on any atom is 0.433 e. The van der Waals surface area contributed by atoms with Crippen LogP contribution in [0, 0.1) is 3.70 Å². The largest absolute Gasteiger partial charge is 0.433 e. The van der Waals surface area contributed by atoms with Gasteiger partial charge in [0, 0.05) is 5.56 Å². The van der Waals surface area contributed by atoms with E-state index in [4.69, 9.17) is 0 Å². The van der Waals surface area contributed by atoms with Gasteiger partial charge in [-0.15, -0.1) is 0 Å². The number of alkyl halides is 3. The fourth-order valence-corrected chi connectivity index (χ4v) is 1.44. The number of hydrogen-bond donors (Lipinski definition) is 0. The minimum Gasteiger partial charge on any atom is -0.295 e. The summed E-state index contributed by atoms with van der Waals surface area (Å²) >= 11 is 1.64. The van der Waals surface area contributed by atoms with Crippen molar-refractivity contribution < 1.29 is 18.0 Å². The van der Waals surface area contributed by atoms with Gasteiger partial charge in [-0.25, -0.2) is 4.98 Å². The summed E-state index contributed by atoms with van der Waals surface area (Å²) in [6, 6.07) is 2.07. The van der Waals surface area contributed by atoms with Gasteiger partial charge in [-0.05, 0) is 41.6 Å². The van der Waals surface area contributed by atoms with Crippen LogP contribution in [0.3, 0.4) is 0 Å². The van der Waals surface area contributed by atoms with Crippen molar-refractivity contribution in [1.82, 2.24) is 4.98 Å². The van der Waals surface area contributed by atoms with E-state index in [1.807, 2.05) is 0 Å². The number of pyridine rings is 1. The quantitative estimate of drug-likeness (QED) is 0.453. The molecule has 14 heavy (non-hydrogen) atoms. The number of halogens is 4. The lowest BCUT2D eigenvalue weighted by atomic mass is 10.1. The third-order valence-corrected chi connectivity index (χ3v) is 2.04. The van der Waals surface area contributed by atoms with E-state index in [1.165, 1.54) is 13.0 Å². The predicted molar refractivity (Wildman–Crippen MR) is 52.0 cm³/mol. The van der Waals surface area contributed by atoms with E-state index in [9.17, 15) is 18.0 Å². The molecule has 0 aliphatic carbocycles. The average Bonchev–Trinajstić information content (AvgIpc) is 2.01. The molecule has 0 atom stereocenters. The smallest absolute Gasteiger partial charge is 0.295 e. The van der Waals surface area contributed by atoms with Gasteiger partial charge in [0.05, 0.1) is 0 Å². The Kier molecular flexibility index (Phi) is 3.13. The Balaban J connectivity index is 3.28. The van der Waals surface area contributed by atoms with Crippen molar-refractivity contribution in [3.8, 4) is 0 Å². The van der Waals surface area contributed by atoms with Gasteiger partial charge in [0.25, 0.3) is 0 Å². The number of rotatable bonds is 1. The molecule has 76 valence electrons. The Hall–Kier alpha value is -0.660. The summed E-state index contributed by atoms with van der Waals surface area (Å²) in [5.41, 5.74) is -1.01. The van der Waals surface area contributed by atoms with Crippen LogP contribution in [-0.4, -0.2) is 10.8 Å². The standard InChI is InChI=1S/C8H5F3INO/c1-4(14)5-2-6(8(9,10)11)13-7(12)3-5/h2-3H,1H3. The Morgan fingerprint density at radius 2 is 2.00 bits per heavy atom. The molecule has 0 radical (unpaired) electrons. The zero-order valence-electron chi connectivity index (χ0n) is 7.02. The first kappa shape index (κ1) is 11.4. The van der Waals surface area contributed by atoms with Crippen LogP contribution in [-0.2, 0) is 6.18 Å². The number of aromatic nitrogens is 1. The highest BCUT2D eigenvalue weighted by Crippen LogP contribution is 2.28. The number of ketones is 1. The number of carbonyl (C=O) groups excluding carboxylic acids is 1. The molecule has 0 bridgehead atoms. The van der Waals surface area contributed by atoms with Crippen LogP contribution in [0.2, 0.25) is 0 Å². The molecule has 1 aromatic rings. The van der Waals surface area contributed by atoms with Gasteiger partial charge >= 0.3 is 6.18 Å². The first-order valence-corrected chi connectivity index (χ1v) is 4.64. The minimum absolute atomic E-state index is 0.0247. The van der Waals surface area contributed by atoms with Gasteiger partial charge in [-0.2, -0.15) is 13.2 Å². The summed E-state index contributed by atoms with van der Waals surface area (Å²) in [5.74, 6) is -0.407. The maximum absolute atomic E-state index is 12.2. The molecular formula is C8H5F3INO. The zero-order chi connectivity index (χ0) is 10.9. The summed E-state index contributed by atoms with van der Waals surface area (Å²) in [6.07, 6.45) is -4.51. The van der Waals surface area contributed by atoms with E-state index in [0.717, 1.165) is 6.07 Å². The van der Waals surface area contributed by atoms with Crippen molar-refractivity contribution in [3.63, 3.8) is 0 Å². The minimum atomic E-state index is -4.51. The fourth-order valence-electron chi connectivity index (χ4n) is 0.845.